The Balaban J connectivity index is 2.70. The Labute approximate surface area is 80.6 Å². The van der Waals surface area contributed by atoms with Crippen LogP contribution in [0.3, 0.4) is 0 Å². The summed E-state index contributed by atoms with van der Waals surface area (Å²) in [5, 5.41) is 6.34. The third kappa shape index (κ3) is 1.40. The second-order valence-electron chi connectivity index (χ2n) is 3.28. The molecule has 0 radical (unpaired) electrons. The largest absolute Gasteiger partial charge is 0.310 e. The first kappa shape index (κ1) is 9.66. The Morgan fingerprint density at radius 1 is 1.45 bits per heavy atom. The van der Waals surface area contributed by atoms with E-state index in [-0.39, 0.29) is 9.59 Å². The average Bonchev–Trinajstić information content (AvgIpc) is 1.82. The summed E-state index contributed by atoms with van der Waals surface area (Å²) in [5.74, 6) is 0.236. The molecule has 0 unspecified atom stereocenters. The van der Waals surface area contributed by atoms with Crippen molar-refractivity contribution in [1.82, 2.24) is 10.6 Å². The van der Waals surface area contributed by atoms with Crippen LogP contribution in [0.2, 0.25) is 0 Å². The Bertz CT molecular complexity index is 153. The van der Waals surface area contributed by atoms with Gasteiger partial charge in [0.25, 0.3) is 0 Å². The van der Waals surface area contributed by atoms with Crippen LogP contribution in [0.5, 0.6) is 0 Å². The molecule has 1 fully saturated rings. The van der Waals surface area contributed by atoms with Gasteiger partial charge in [0.2, 0.25) is 0 Å². The third-order valence-electron chi connectivity index (χ3n) is 2.22. The minimum atomic E-state index is -0.703. The fourth-order valence-electron chi connectivity index (χ4n) is 0.948. The molecule has 1 heterocycles. The van der Waals surface area contributed by atoms with Crippen molar-refractivity contribution in [3.8, 4) is 0 Å². The van der Waals surface area contributed by atoms with Crippen molar-refractivity contribution in [3.63, 3.8) is 0 Å². The SMILES string of the molecule is CC(C)C(N)(N)C1(I)NCN1. The van der Waals surface area contributed by atoms with E-state index in [2.05, 4.69) is 33.2 Å². The Morgan fingerprint density at radius 3 is 2.00 bits per heavy atom. The number of alkyl halides is 1. The molecule has 1 saturated heterocycles. The topological polar surface area (TPSA) is 76.1 Å². The van der Waals surface area contributed by atoms with E-state index >= 15 is 0 Å². The van der Waals surface area contributed by atoms with Crippen LogP contribution in [-0.2, 0) is 0 Å². The van der Waals surface area contributed by atoms with Crippen LogP contribution in [0.4, 0.5) is 0 Å². The zero-order valence-electron chi connectivity index (χ0n) is 6.82. The number of nitrogens with two attached hydrogens (primary N) is 2. The quantitative estimate of drug-likeness (QED) is 0.236. The maximum atomic E-state index is 5.94. The summed E-state index contributed by atoms with van der Waals surface area (Å²) < 4.78 is -0.334. The van der Waals surface area contributed by atoms with Crippen LogP contribution in [0, 0.1) is 5.92 Å². The lowest BCUT2D eigenvalue weighted by Gasteiger charge is -2.51. The van der Waals surface area contributed by atoms with Crippen molar-refractivity contribution in [2.45, 2.75) is 23.2 Å². The Kier molecular flexibility index (Phi) is 2.46. The summed E-state index contributed by atoms with van der Waals surface area (Å²) in [4.78, 5) is 0. The predicted molar refractivity (Wildman–Crippen MR) is 53.8 cm³/mol. The van der Waals surface area contributed by atoms with Gasteiger partial charge in [-0.05, 0) is 28.5 Å². The first-order chi connectivity index (χ1) is 4.90. The summed E-state index contributed by atoms with van der Waals surface area (Å²) in [6, 6.07) is 0. The van der Waals surface area contributed by atoms with Crippen LogP contribution in [0.25, 0.3) is 0 Å². The smallest absolute Gasteiger partial charge is 0.156 e. The summed E-state index contributed by atoms with van der Waals surface area (Å²) >= 11 is 2.21. The molecule has 0 amide bonds. The molecule has 5 heteroatoms. The summed E-state index contributed by atoms with van der Waals surface area (Å²) in [7, 11) is 0. The van der Waals surface area contributed by atoms with Crippen LogP contribution in [-0.4, -0.2) is 16.0 Å². The fraction of sp³-hybridized carbons (Fsp3) is 1.00. The van der Waals surface area contributed by atoms with E-state index in [1.54, 1.807) is 0 Å². The van der Waals surface area contributed by atoms with Gasteiger partial charge in [-0.2, -0.15) is 0 Å². The Hall–Kier alpha value is 0.570. The first-order valence-corrected chi connectivity index (χ1v) is 4.75. The number of rotatable bonds is 2. The maximum Gasteiger partial charge on any atom is 0.156 e. The second-order valence-corrected chi connectivity index (χ2v) is 4.89. The van der Waals surface area contributed by atoms with Gasteiger partial charge in [-0.1, -0.05) is 13.8 Å². The van der Waals surface area contributed by atoms with Crippen molar-refractivity contribution in [1.29, 1.82) is 0 Å². The van der Waals surface area contributed by atoms with E-state index in [0.29, 0.717) is 0 Å². The Morgan fingerprint density at radius 2 is 1.91 bits per heavy atom. The van der Waals surface area contributed by atoms with E-state index < -0.39 is 5.66 Å². The van der Waals surface area contributed by atoms with Gasteiger partial charge in [0.15, 0.2) is 3.67 Å². The molecule has 0 bridgehead atoms. The molecule has 0 aliphatic carbocycles. The molecule has 1 aliphatic heterocycles. The zero-order valence-corrected chi connectivity index (χ0v) is 8.97. The van der Waals surface area contributed by atoms with Gasteiger partial charge in [-0.15, -0.1) is 0 Å². The molecule has 1 rings (SSSR count). The van der Waals surface area contributed by atoms with Gasteiger partial charge in [0, 0.05) is 6.67 Å². The number of nitrogens with one attached hydrogen (secondary N) is 2. The number of hydrogen-bond acceptors (Lipinski definition) is 4. The molecule has 66 valence electrons. The van der Waals surface area contributed by atoms with Gasteiger partial charge in [-0.25, -0.2) is 0 Å². The summed E-state index contributed by atoms with van der Waals surface area (Å²) in [6.45, 7) is 4.82. The first-order valence-electron chi connectivity index (χ1n) is 3.67. The van der Waals surface area contributed by atoms with Gasteiger partial charge < -0.3 is 11.5 Å². The van der Waals surface area contributed by atoms with E-state index in [9.17, 15) is 0 Å². The number of hydrogen-bond donors (Lipinski definition) is 4. The molecular weight excluding hydrogens is 255 g/mol. The highest BCUT2D eigenvalue weighted by atomic mass is 127. The highest BCUT2D eigenvalue weighted by Crippen LogP contribution is 2.29. The predicted octanol–water partition coefficient (Wildman–Crippen LogP) is -0.505. The van der Waals surface area contributed by atoms with Crippen molar-refractivity contribution >= 4 is 22.6 Å². The molecule has 0 atom stereocenters. The lowest BCUT2D eigenvalue weighted by Crippen LogP contribution is -2.84. The van der Waals surface area contributed by atoms with Crippen LogP contribution < -0.4 is 22.1 Å². The van der Waals surface area contributed by atoms with E-state index in [4.69, 9.17) is 11.5 Å². The number of halogens is 1. The summed E-state index contributed by atoms with van der Waals surface area (Å²) in [5.41, 5.74) is 11.2. The minimum Gasteiger partial charge on any atom is -0.310 e. The fourth-order valence-corrected chi connectivity index (χ4v) is 1.95. The van der Waals surface area contributed by atoms with Crippen molar-refractivity contribution < 1.29 is 0 Å². The molecule has 4 nitrogen and oxygen atoms in total. The third-order valence-corrected chi connectivity index (χ3v) is 3.91. The average molecular weight is 270 g/mol. The monoisotopic (exact) mass is 270 g/mol. The molecule has 6 N–H and O–H groups in total. The van der Waals surface area contributed by atoms with E-state index in [1.165, 1.54) is 0 Å². The van der Waals surface area contributed by atoms with Gasteiger partial charge >= 0.3 is 0 Å². The second kappa shape index (κ2) is 2.81. The normalized spacial score (nSPS) is 23.5. The standard InChI is InChI=1S/C6H15IN4/c1-4(2)5(8,9)6(7)10-3-11-6/h4,10-11H,3,8-9H2,1-2H3. The van der Waals surface area contributed by atoms with Gasteiger partial charge in [0.05, 0.1) is 0 Å². The van der Waals surface area contributed by atoms with Crippen LogP contribution in [0.15, 0.2) is 0 Å². The maximum absolute atomic E-state index is 5.94. The molecule has 0 saturated carbocycles. The van der Waals surface area contributed by atoms with Crippen molar-refractivity contribution in [2.75, 3.05) is 6.67 Å². The van der Waals surface area contributed by atoms with Crippen LogP contribution >= 0.6 is 22.6 Å². The molecule has 11 heavy (non-hydrogen) atoms. The highest BCUT2D eigenvalue weighted by Gasteiger charge is 2.50. The molecule has 1 aliphatic rings. The summed E-state index contributed by atoms with van der Waals surface area (Å²) in [6.07, 6.45) is 0. The van der Waals surface area contributed by atoms with Gasteiger partial charge in [-0.3, -0.25) is 10.6 Å². The molecule has 0 spiro atoms. The lowest BCUT2D eigenvalue weighted by molar-refractivity contribution is 0.120. The van der Waals surface area contributed by atoms with Crippen molar-refractivity contribution in [3.05, 3.63) is 0 Å². The van der Waals surface area contributed by atoms with Gasteiger partial charge in [0.1, 0.15) is 5.66 Å². The molecule has 0 aromatic heterocycles. The highest BCUT2D eigenvalue weighted by molar-refractivity contribution is 14.1. The molecule has 0 aromatic rings. The lowest BCUT2D eigenvalue weighted by atomic mass is 9.93. The zero-order chi connectivity index (χ0) is 8.70. The minimum absolute atomic E-state index is 0.236. The molecule has 0 aromatic carbocycles. The molecular formula is C6H15IN4. The van der Waals surface area contributed by atoms with Crippen molar-refractivity contribution in [2.24, 2.45) is 17.4 Å². The van der Waals surface area contributed by atoms with E-state index in [0.717, 1.165) is 6.67 Å². The van der Waals surface area contributed by atoms with E-state index in [1.807, 2.05) is 13.8 Å². The van der Waals surface area contributed by atoms with Crippen LogP contribution in [0.1, 0.15) is 13.8 Å².